The van der Waals surface area contributed by atoms with Crippen molar-refractivity contribution in [3.05, 3.63) is 12.2 Å². The maximum atomic E-state index is 2.21. The summed E-state index contributed by atoms with van der Waals surface area (Å²) in [4.78, 5) is 0. The molecule has 1 nitrogen and oxygen atoms in total. The second-order valence-corrected chi connectivity index (χ2v) is 4.21. The summed E-state index contributed by atoms with van der Waals surface area (Å²) in [7, 11) is 4.13. The van der Waals surface area contributed by atoms with Gasteiger partial charge in [-0.25, -0.2) is 0 Å². The molecule has 2 heteroatoms. The quantitative estimate of drug-likeness (QED) is 0.411. The van der Waals surface area contributed by atoms with Crippen LogP contribution in [0.1, 0.15) is 6.92 Å². The second kappa shape index (κ2) is 1.78. The van der Waals surface area contributed by atoms with Gasteiger partial charge in [0.1, 0.15) is 0 Å². The van der Waals surface area contributed by atoms with E-state index in [9.17, 15) is 0 Å². The number of rotatable bonds is 2. The molecule has 0 aromatic heterocycles. The first-order chi connectivity index (χ1) is 3.62. The molecule has 0 fully saturated rings. The van der Waals surface area contributed by atoms with Crippen LogP contribution in [-0.4, -0.2) is 23.1 Å². The molecule has 0 spiro atoms. The Kier molecular flexibility index (Phi) is 1.37. The van der Waals surface area contributed by atoms with Crippen LogP contribution in [0.4, 0.5) is 0 Å². The number of hydrogen-bond donors (Lipinski definition) is 0. The summed E-state index contributed by atoms with van der Waals surface area (Å²) in [5.41, 5.74) is 0. The van der Waals surface area contributed by atoms with Crippen LogP contribution in [0, 0.1) is 0 Å². The summed E-state index contributed by atoms with van der Waals surface area (Å²) in [6.07, 6.45) is 4.41. The van der Waals surface area contributed by atoms with Crippen LogP contribution in [-0.2, 0) is 0 Å². The van der Waals surface area contributed by atoms with Gasteiger partial charge in [-0.15, -0.1) is 0 Å². The SMILES string of the molecule is CN(C)SC1(C)C=C1. The zero-order valence-electron chi connectivity index (χ0n) is 5.51. The zero-order chi connectivity index (χ0) is 6.20. The third kappa shape index (κ3) is 1.53. The lowest BCUT2D eigenvalue weighted by molar-refractivity contribution is 0.696. The molecule has 0 saturated carbocycles. The third-order valence-electron chi connectivity index (χ3n) is 1.02. The largest absolute Gasteiger partial charge is 0.256 e. The Hall–Kier alpha value is 0.0500. The molecule has 1 aliphatic rings. The Balaban J connectivity index is 2.20. The Morgan fingerprint density at radius 1 is 1.38 bits per heavy atom. The molecule has 1 rings (SSSR count). The van der Waals surface area contributed by atoms with Crippen molar-refractivity contribution in [3.63, 3.8) is 0 Å². The van der Waals surface area contributed by atoms with Gasteiger partial charge in [-0.2, -0.15) is 0 Å². The van der Waals surface area contributed by atoms with Gasteiger partial charge in [0.05, 0.1) is 4.75 Å². The standard InChI is InChI=1S/C6H11NS/c1-6(4-5-6)8-7(2)3/h4-5H,1-3H3. The molecule has 0 aliphatic heterocycles. The van der Waals surface area contributed by atoms with E-state index < -0.39 is 0 Å². The topological polar surface area (TPSA) is 3.24 Å². The van der Waals surface area contributed by atoms with Gasteiger partial charge in [0.15, 0.2) is 0 Å². The minimum absolute atomic E-state index is 0.365. The van der Waals surface area contributed by atoms with Gasteiger partial charge in [0, 0.05) is 0 Å². The summed E-state index contributed by atoms with van der Waals surface area (Å²) in [5, 5.41) is 0. The van der Waals surface area contributed by atoms with E-state index in [0.717, 1.165) is 0 Å². The van der Waals surface area contributed by atoms with E-state index in [2.05, 4.69) is 37.5 Å². The highest BCUT2D eigenvalue weighted by molar-refractivity contribution is 7.99. The third-order valence-corrected chi connectivity index (χ3v) is 2.05. The average molecular weight is 129 g/mol. The molecule has 0 amide bonds. The van der Waals surface area contributed by atoms with Crippen LogP contribution in [0.5, 0.6) is 0 Å². The van der Waals surface area contributed by atoms with E-state index in [-0.39, 0.29) is 0 Å². The van der Waals surface area contributed by atoms with Gasteiger partial charge in [-0.1, -0.05) is 24.1 Å². The van der Waals surface area contributed by atoms with E-state index in [1.54, 1.807) is 0 Å². The molecular weight excluding hydrogens is 118 g/mol. The molecular formula is C6H11NS. The first-order valence-electron chi connectivity index (χ1n) is 2.69. The van der Waals surface area contributed by atoms with Crippen molar-refractivity contribution in [2.75, 3.05) is 14.1 Å². The van der Waals surface area contributed by atoms with E-state index >= 15 is 0 Å². The van der Waals surface area contributed by atoms with E-state index in [1.807, 2.05) is 11.9 Å². The highest BCUT2D eigenvalue weighted by Gasteiger charge is 2.29. The predicted octanol–water partition coefficient (Wildman–Crippen LogP) is 1.52. The van der Waals surface area contributed by atoms with Crippen LogP contribution in [0.25, 0.3) is 0 Å². The minimum Gasteiger partial charge on any atom is -0.256 e. The average Bonchev–Trinajstić information content (AvgIpc) is 2.17. The number of nitrogens with zero attached hydrogens (tertiary/aromatic N) is 1. The fraction of sp³-hybridized carbons (Fsp3) is 0.667. The summed E-state index contributed by atoms with van der Waals surface area (Å²) >= 11 is 1.84. The monoisotopic (exact) mass is 129 g/mol. The molecule has 1 aliphatic carbocycles. The fourth-order valence-electron chi connectivity index (χ4n) is 0.572. The van der Waals surface area contributed by atoms with Crippen molar-refractivity contribution in [1.29, 1.82) is 0 Å². The molecule has 46 valence electrons. The van der Waals surface area contributed by atoms with Crippen LogP contribution in [0.2, 0.25) is 0 Å². The van der Waals surface area contributed by atoms with Crippen molar-refractivity contribution in [3.8, 4) is 0 Å². The van der Waals surface area contributed by atoms with Crippen molar-refractivity contribution >= 4 is 11.9 Å². The first-order valence-corrected chi connectivity index (χ1v) is 3.47. The van der Waals surface area contributed by atoms with Gasteiger partial charge in [0.25, 0.3) is 0 Å². The molecule has 0 N–H and O–H groups in total. The van der Waals surface area contributed by atoms with Crippen molar-refractivity contribution in [2.24, 2.45) is 0 Å². The highest BCUT2D eigenvalue weighted by atomic mass is 32.2. The van der Waals surface area contributed by atoms with Crippen LogP contribution in [0.15, 0.2) is 12.2 Å². The van der Waals surface area contributed by atoms with E-state index in [4.69, 9.17) is 0 Å². The van der Waals surface area contributed by atoms with Gasteiger partial charge < -0.3 is 0 Å². The van der Waals surface area contributed by atoms with Gasteiger partial charge in [-0.05, 0) is 21.0 Å². The first kappa shape index (κ1) is 6.17. The minimum atomic E-state index is 0.365. The van der Waals surface area contributed by atoms with Crippen LogP contribution in [0.3, 0.4) is 0 Å². The zero-order valence-corrected chi connectivity index (χ0v) is 6.33. The Bertz CT molecular complexity index is 112. The lowest BCUT2D eigenvalue weighted by atomic mass is 10.4. The van der Waals surface area contributed by atoms with Crippen molar-refractivity contribution < 1.29 is 0 Å². The molecule has 0 bridgehead atoms. The molecule has 0 radical (unpaired) electrons. The summed E-state index contributed by atoms with van der Waals surface area (Å²) in [6.45, 7) is 2.21. The second-order valence-electron chi connectivity index (χ2n) is 2.42. The molecule has 0 aromatic carbocycles. The lowest BCUT2D eigenvalue weighted by Gasteiger charge is -2.13. The van der Waals surface area contributed by atoms with Crippen molar-refractivity contribution in [1.82, 2.24) is 4.31 Å². The Morgan fingerprint density at radius 3 is 2.00 bits per heavy atom. The van der Waals surface area contributed by atoms with E-state index in [0.29, 0.717) is 4.75 Å². The normalized spacial score (nSPS) is 22.0. The van der Waals surface area contributed by atoms with E-state index in [1.165, 1.54) is 0 Å². The Labute approximate surface area is 54.9 Å². The summed E-state index contributed by atoms with van der Waals surface area (Å²) in [5.74, 6) is 0. The van der Waals surface area contributed by atoms with Crippen LogP contribution >= 0.6 is 11.9 Å². The maximum Gasteiger partial charge on any atom is 0.0638 e. The van der Waals surface area contributed by atoms with Gasteiger partial charge in [-0.3, -0.25) is 4.31 Å². The maximum absolute atomic E-state index is 2.21. The van der Waals surface area contributed by atoms with Crippen molar-refractivity contribution in [2.45, 2.75) is 11.7 Å². The summed E-state index contributed by atoms with van der Waals surface area (Å²) < 4.78 is 2.49. The van der Waals surface area contributed by atoms with Gasteiger partial charge >= 0.3 is 0 Å². The summed E-state index contributed by atoms with van der Waals surface area (Å²) in [6, 6.07) is 0. The molecule has 0 unspecified atom stereocenters. The Morgan fingerprint density at radius 2 is 1.88 bits per heavy atom. The molecule has 0 saturated heterocycles. The molecule has 0 aromatic rings. The van der Waals surface area contributed by atoms with Crippen LogP contribution < -0.4 is 0 Å². The predicted molar refractivity (Wildman–Crippen MR) is 38.8 cm³/mol. The lowest BCUT2D eigenvalue weighted by Crippen LogP contribution is -2.09. The van der Waals surface area contributed by atoms with Gasteiger partial charge in [0.2, 0.25) is 0 Å². The smallest absolute Gasteiger partial charge is 0.0638 e. The molecule has 8 heavy (non-hydrogen) atoms. The highest BCUT2D eigenvalue weighted by Crippen LogP contribution is 2.38. The molecule has 0 heterocycles. The fourth-order valence-corrected chi connectivity index (χ4v) is 1.55. The number of hydrogen-bond acceptors (Lipinski definition) is 2. The molecule has 0 atom stereocenters.